The first-order valence-corrected chi connectivity index (χ1v) is 10.5. The third-order valence-electron chi connectivity index (χ3n) is 5.77. The molecule has 7 nitrogen and oxygen atoms in total. The minimum absolute atomic E-state index is 0.0174. The van der Waals surface area contributed by atoms with E-state index in [2.05, 4.69) is 39.5 Å². The van der Waals surface area contributed by atoms with E-state index in [0.717, 1.165) is 64.2 Å². The summed E-state index contributed by atoms with van der Waals surface area (Å²) in [7, 11) is 1.68. The molecule has 1 aromatic carbocycles. The van der Waals surface area contributed by atoms with Crippen LogP contribution in [0.3, 0.4) is 0 Å². The summed E-state index contributed by atoms with van der Waals surface area (Å²) < 4.78 is 7.09. The number of ether oxygens (including phenoxy) is 1. The summed E-state index contributed by atoms with van der Waals surface area (Å²) in [5, 5.41) is 8.43. The van der Waals surface area contributed by atoms with Crippen LogP contribution in [-0.4, -0.2) is 70.5 Å². The van der Waals surface area contributed by atoms with Gasteiger partial charge in [-0.3, -0.25) is 9.69 Å². The minimum atomic E-state index is 0.0174. The molecular weight excluding hydrogens is 366 g/mol. The Bertz CT molecular complexity index is 839. The molecule has 2 aliphatic heterocycles. The lowest BCUT2D eigenvalue weighted by molar-refractivity contribution is 0.0787. The molecule has 0 N–H and O–H groups in total. The van der Waals surface area contributed by atoms with Gasteiger partial charge in [0.15, 0.2) is 5.69 Å². The fourth-order valence-corrected chi connectivity index (χ4v) is 4.10. The van der Waals surface area contributed by atoms with E-state index in [-0.39, 0.29) is 11.9 Å². The van der Waals surface area contributed by atoms with Gasteiger partial charge in [0, 0.05) is 26.2 Å². The van der Waals surface area contributed by atoms with Crippen LogP contribution >= 0.6 is 0 Å². The van der Waals surface area contributed by atoms with E-state index in [4.69, 9.17) is 4.74 Å². The molecule has 0 spiro atoms. The molecule has 29 heavy (non-hydrogen) atoms. The summed E-state index contributed by atoms with van der Waals surface area (Å²) in [6.07, 6.45) is 10.5. The van der Waals surface area contributed by atoms with Gasteiger partial charge in [-0.25, -0.2) is 4.68 Å². The van der Waals surface area contributed by atoms with E-state index in [1.54, 1.807) is 7.11 Å². The van der Waals surface area contributed by atoms with Crippen molar-refractivity contribution in [3.05, 3.63) is 47.8 Å². The van der Waals surface area contributed by atoms with Gasteiger partial charge in [0.05, 0.1) is 19.3 Å². The highest BCUT2D eigenvalue weighted by atomic mass is 16.5. The number of aromatic nitrogens is 3. The van der Waals surface area contributed by atoms with Crippen molar-refractivity contribution in [1.82, 2.24) is 24.8 Å². The van der Waals surface area contributed by atoms with Crippen LogP contribution in [0.2, 0.25) is 0 Å². The maximum Gasteiger partial charge on any atom is 0.276 e. The molecule has 7 heteroatoms. The number of amides is 1. The van der Waals surface area contributed by atoms with Crippen LogP contribution in [0.4, 0.5) is 0 Å². The molecule has 1 atom stereocenters. The third-order valence-corrected chi connectivity index (χ3v) is 5.77. The van der Waals surface area contributed by atoms with Crippen LogP contribution in [0.1, 0.15) is 47.8 Å². The van der Waals surface area contributed by atoms with Crippen molar-refractivity contribution in [2.45, 2.75) is 31.7 Å². The van der Waals surface area contributed by atoms with Crippen LogP contribution in [0, 0.1) is 0 Å². The van der Waals surface area contributed by atoms with Crippen molar-refractivity contribution in [2.24, 2.45) is 0 Å². The molecule has 2 aliphatic rings. The second-order valence-electron chi connectivity index (χ2n) is 7.81. The number of hydrogen-bond acceptors (Lipinski definition) is 5. The second-order valence-corrected chi connectivity index (χ2v) is 7.81. The maximum atomic E-state index is 12.5. The molecule has 4 rings (SSSR count). The number of nitrogens with zero attached hydrogens (tertiary/aromatic N) is 5. The Morgan fingerprint density at radius 3 is 2.72 bits per heavy atom. The molecule has 0 bridgehead atoms. The molecule has 1 aromatic heterocycles. The van der Waals surface area contributed by atoms with Gasteiger partial charge in [0.2, 0.25) is 0 Å². The zero-order chi connectivity index (χ0) is 20.1. The molecule has 154 valence electrons. The normalized spacial score (nSPS) is 20.4. The van der Waals surface area contributed by atoms with Crippen LogP contribution < -0.4 is 4.74 Å². The fraction of sp³-hybridized carbons (Fsp3) is 0.500. The largest absolute Gasteiger partial charge is 0.497 e. The van der Waals surface area contributed by atoms with Crippen molar-refractivity contribution < 1.29 is 9.53 Å². The highest BCUT2D eigenvalue weighted by Crippen LogP contribution is 2.21. The summed E-state index contributed by atoms with van der Waals surface area (Å²) in [4.78, 5) is 16.8. The summed E-state index contributed by atoms with van der Waals surface area (Å²) in [5.41, 5.74) is 1.64. The SMILES string of the molecule is COc1ccc(C=CCN2CCCC(n3cc(C(=O)N4CCCC4)nn3)C2)cc1. The van der Waals surface area contributed by atoms with Gasteiger partial charge in [-0.1, -0.05) is 29.5 Å². The molecule has 2 saturated heterocycles. The van der Waals surface area contributed by atoms with Crippen LogP contribution in [0.5, 0.6) is 5.75 Å². The molecule has 1 amide bonds. The Morgan fingerprint density at radius 1 is 1.17 bits per heavy atom. The number of likely N-dealkylation sites (tertiary alicyclic amines) is 2. The van der Waals surface area contributed by atoms with E-state index in [0.29, 0.717) is 5.69 Å². The molecule has 1 unspecified atom stereocenters. The van der Waals surface area contributed by atoms with Gasteiger partial charge >= 0.3 is 0 Å². The third kappa shape index (κ3) is 4.85. The lowest BCUT2D eigenvalue weighted by atomic mass is 10.1. The van der Waals surface area contributed by atoms with E-state index >= 15 is 0 Å². The zero-order valence-electron chi connectivity index (χ0n) is 17.0. The Balaban J connectivity index is 1.32. The summed E-state index contributed by atoms with van der Waals surface area (Å²) in [6, 6.07) is 8.33. The van der Waals surface area contributed by atoms with Crippen LogP contribution in [0.25, 0.3) is 6.08 Å². The Kier molecular flexibility index (Phi) is 6.24. The second kappa shape index (κ2) is 9.22. The Hall–Kier alpha value is -2.67. The highest BCUT2D eigenvalue weighted by Gasteiger charge is 2.25. The number of piperidine rings is 1. The van der Waals surface area contributed by atoms with Gasteiger partial charge in [0.1, 0.15) is 5.75 Å². The maximum absolute atomic E-state index is 12.5. The highest BCUT2D eigenvalue weighted by molar-refractivity contribution is 5.92. The van der Waals surface area contributed by atoms with E-state index in [9.17, 15) is 4.79 Å². The number of carbonyl (C=O) groups excluding carboxylic acids is 1. The summed E-state index contributed by atoms with van der Waals surface area (Å²) in [6.45, 7) is 4.58. The summed E-state index contributed by atoms with van der Waals surface area (Å²) >= 11 is 0. The lowest BCUT2D eigenvalue weighted by Gasteiger charge is -2.31. The first-order valence-electron chi connectivity index (χ1n) is 10.5. The topological polar surface area (TPSA) is 63.5 Å². The van der Waals surface area contributed by atoms with Gasteiger partial charge in [-0.15, -0.1) is 5.10 Å². The molecule has 0 radical (unpaired) electrons. The molecule has 0 saturated carbocycles. The number of benzene rings is 1. The predicted molar refractivity (Wildman–Crippen MR) is 112 cm³/mol. The Labute approximate surface area is 171 Å². The lowest BCUT2D eigenvalue weighted by Crippen LogP contribution is -2.36. The van der Waals surface area contributed by atoms with Crippen LogP contribution in [0.15, 0.2) is 36.5 Å². The number of rotatable bonds is 6. The van der Waals surface area contributed by atoms with Crippen molar-refractivity contribution >= 4 is 12.0 Å². The van der Waals surface area contributed by atoms with E-state index in [1.165, 1.54) is 5.56 Å². The summed E-state index contributed by atoms with van der Waals surface area (Å²) in [5.74, 6) is 0.889. The number of hydrogen-bond donors (Lipinski definition) is 0. The predicted octanol–water partition coefficient (Wildman–Crippen LogP) is 2.87. The molecule has 3 heterocycles. The van der Waals surface area contributed by atoms with Gasteiger partial charge in [0.25, 0.3) is 5.91 Å². The average Bonchev–Trinajstić information content (AvgIpc) is 3.46. The molecule has 2 aromatic rings. The van der Waals surface area contributed by atoms with Crippen LogP contribution in [-0.2, 0) is 0 Å². The zero-order valence-corrected chi connectivity index (χ0v) is 17.0. The molecular formula is C22H29N5O2. The molecule has 2 fully saturated rings. The number of methoxy groups -OCH3 is 1. The monoisotopic (exact) mass is 395 g/mol. The quantitative estimate of drug-likeness (QED) is 0.753. The van der Waals surface area contributed by atoms with E-state index in [1.807, 2.05) is 27.9 Å². The van der Waals surface area contributed by atoms with Gasteiger partial charge in [-0.2, -0.15) is 0 Å². The van der Waals surface area contributed by atoms with Crippen molar-refractivity contribution in [3.8, 4) is 5.75 Å². The average molecular weight is 396 g/mol. The van der Waals surface area contributed by atoms with E-state index < -0.39 is 0 Å². The fourth-order valence-electron chi connectivity index (χ4n) is 4.10. The first-order chi connectivity index (χ1) is 14.2. The van der Waals surface area contributed by atoms with Gasteiger partial charge < -0.3 is 9.64 Å². The van der Waals surface area contributed by atoms with Crippen molar-refractivity contribution in [2.75, 3.05) is 39.8 Å². The minimum Gasteiger partial charge on any atom is -0.497 e. The van der Waals surface area contributed by atoms with Gasteiger partial charge in [-0.05, 0) is 49.9 Å². The Morgan fingerprint density at radius 2 is 1.97 bits per heavy atom. The van der Waals surface area contributed by atoms with Crippen molar-refractivity contribution in [1.29, 1.82) is 0 Å². The first kappa shape index (κ1) is 19.6. The standard InChI is InChI=1S/C22H29N5O2/c1-29-20-10-8-18(9-11-20)6-4-12-25-13-5-7-19(16-25)27-17-21(23-24-27)22(28)26-14-2-3-15-26/h4,6,8-11,17,19H,2-3,5,7,12-16H2,1H3. The molecule has 0 aliphatic carbocycles. The number of carbonyl (C=O) groups is 1. The van der Waals surface area contributed by atoms with Crippen molar-refractivity contribution in [3.63, 3.8) is 0 Å². The smallest absolute Gasteiger partial charge is 0.276 e.